The molecule has 0 aliphatic carbocycles. The van der Waals surface area contributed by atoms with E-state index in [0.717, 1.165) is 17.6 Å². The number of carbonyl (C=O) groups is 1. The van der Waals surface area contributed by atoms with E-state index in [1.165, 1.54) is 22.7 Å². The summed E-state index contributed by atoms with van der Waals surface area (Å²) >= 11 is 2.48. The first kappa shape index (κ1) is 15.2. The predicted molar refractivity (Wildman–Crippen MR) is 81.2 cm³/mol. The minimum atomic E-state index is -0.632. The highest BCUT2D eigenvalue weighted by molar-refractivity contribution is 7.98. The Labute approximate surface area is 133 Å². The smallest absolute Gasteiger partial charge is 0.320 e. The third-order valence-electron chi connectivity index (χ3n) is 3.34. The molecule has 1 aliphatic heterocycles. The van der Waals surface area contributed by atoms with Crippen molar-refractivity contribution >= 4 is 34.5 Å². The third kappa shape index (κ3) is 3.05. The summed E-state index contributed by atoms with van der Waals surface area (Å²) in [5.41, 5.74) is 0.979. The molecule has 9 heteroatoms. The van der Waals surface area contributed by atoms with Crippen LogP contribution in [0, 0.1) is 11.6 Å². The number of carbonyl (C=O) groups excluding carboxylic acids is 1. The molecule has 0 atom stereocenters. The van der Waals surface area contributed by atoms with Crippen LogP contribution in [-0.4, -0.2) is 33.1 Å². The molecule has 0 bridgehead atoms. The molecule has 1 aromatic carbocycles. The molecular weight excluding hydrogens is 330 g/mol. The second-order valence-corrected chi connectivity index (χ2v) is 6.24. The molecule has 2 aromatic rings. The standard InChI is InChI=1S/C13H12F2N4OS2/c1-21-12-16-11(22-18-12)17-13(20)19-3-2-9-7(6-19)4-8(14)5-10(9)15/h4-5H,2-3,6H2,1H3,(H,16,17,18,20). The molecule has 0 saturated carbocycles. The van der Waals surface area contributed by atoms with Crippen molar-refractivity contribution in [2.24, 2.45) is 0 Å². The first-order chi connectivity index (χ1) is 10.6. The lowest BCUT2D eigenvalue weighted by Crippen LogP contribution is -2.39. The summed E-state index contributed by atoms with van der Waals surface area (Å²) in [4.78, 5) is 17.8. The van der Waals surface area contributed by atoms with Crippen LogP contribution in [0.15, 0.2) is 17.3 Å². The normalized spacial score (nSPS) is 13.9. The number of nitrogens with zero attached hydrogens (tertiary/aromatic N) is 3. The first-order valence-electron chi connectivity index (χ1n) is 6.47. The molecule has 5 nitrogen and oxygen atoms in total. The van der Waals surface area contributed by atoms with E-state index < -0.39 is 11.6 Å². The molecule has 0 unspecified atom stereocenters. The second kappa shape index (κ2) is 6.17. The quantitative estimate of drug-likeness (QED) is 0.852. The summed E-state index contributed by atoms with van der Waals surface area (Å²) < 4.78 is 31.0. The fraction of sp³-hybridized carbons (Fsp3) is 0.308. The van der Waals surface area contributed by atoms with E-state index in [4.69, 9.17) is 0 Å². The van der Waals surface area contributed by atoms with Gasteiger partial charge >= 0.3 is 6.03 Å². The van der Waals surface area contributed by atoms with E-state index in [9.17, 15) is 13.6 Å². The first-order valence-corrected chi connectivity index (χ1v) is 8.47. The minimum absolute atomic E-state index is 0.171. The van der Waals surface area contributed by atoms with Crippen LogP contribution < -0.4 is 5.32 Å². The summed E-state index contributed by atoms with van der Waals surface area (Å²) in [7, 11) is 0. The Balaban J connectivity index is 1.72. The van der Waals surface area contributed by atoms with Gasteiger partial charge in [-0.05, 0) is 29.9 Å². The lowest BCUT2D eigenvalue weighted by molar-refractivity contribution is 0.205. The van der Waals surface area contributed by atoms with Gasteiger partial charge in [0.1, 0.15) is 11.6 Å². The maximum absolute atomic E-state index is 13.7. The van der Waals surface area contributed by atoms with Crippen molar-refractivity contribution in [2.75, 3.05) is 18.1 Å². The van der Waals surface area contributed by atoms with Gasteiger partial charge in [0.2, 0.25) is 10.3 Å². The molecule has 3 rings (SSSR count). The molecule has 1 N–H and O–H groups in total. The number of aromatic nitrogens is 2. The Morgan fingerprint density at radius 3 is 3.00 bits per heavy atom. The maximum atomic E-state index is 13.7. The Kier molecular flexibility index (Phi) is 4.25. The number of nitrogens with one attached hydrogen (secondary N) is 1. The fourth-order valence-corrected chi connectivity index (χ4v) is 3.41. The predicted octanol–water partition coefficient (Wildman–Crippen LogP) is 3.13. The van der Waals surface area contributed by atoms with Crippen LogP contribution in [0.1, 0.15) is 11.1 Å². The van der Waals surface area contributed by atoms with E-state index in [2.05, 4.69) is 14.7 Å². The Morgan fingerprint density at radius 2 is 2.27 bits per heavy atom. The Morgan fingerprint density at radius 1 is 1.45 bits per heavy atom. The second-order valence-electron chi connectivity index (χ2n) is 4.71. The van der Waals surface area contributed by atoms with Crippen LogP contribution in [0.2, 0.25) is 0 Å². The number of anilines is 1. The molecule has 0 saturated heterocycles. The average molecular weight is 342 g/mol. The molecule has 116 valence electrons. The van der Waals surface area contributed by atoms with Crippen LogP contribution >= 0.6 is 23.3 Å². The molecule has 22 heavy (non-hydrogen) atoms. The number of hydrogen-bond acceptors (Lipinski definition) is 5. The molecule has 0 spiro atoms. The van der Waals surface area contributed by atoms with Crippen molar-refractivity contribution in [1.82, 2.24) is 14.3 Å². The van der Waals surface area contributed by atoms with E-state index >= 15 is 0 Å². The molecular formula is C13H12F2N4OS2. The summed E-state index contributed by atoms with van der Waals surface area (Å²) in [6.07, 6.45) is 2.21. The highest BCUT2D eigenvalue weighted by Crippen LogP contribution is 2.24. The molecule has 2 heterocycles. The molecule has 1 aliphatic rings. The average Bonchev–Trinajstić information content (AvgIpc) is 2.94. The van der Waals surface area contributed by atoms with Crippen molar-refractivity contribution in [3.63, 3.8) is 0 Å². The zero-order chi connectivity index (χ0) is 15.7. The number of halogens is 2. The van der Waals surface area contributed by atoms with Gasteiger partial charge in [0.15, 0.2) is 0 Å². The number of hydrogen-bond donors (Lipinski definition) is 1. The monoisotopic (exact) mass is 342 g/mol. The number of rotatable bonds is 2. The summed E-state index contributed by atoms with van der Waals surface area (Å²) in [6.45, 7) is 0.541. The largest absolute Gasteiger partial charge is 0.323 e. The van der Waals surface area contributed by atoms with Crippen LogP contribution in [0.5, 0.6) is 0 Å². The highest BCUT2D eigenvalue weighted by Gasteiger charge is 2.24. The SMILES string of the molecule is CSc1nsc(NC(=O)N2CCc3c(F)cc(F)cc3C2)n1. The number of benzene rings is 1. The zero-order valence-corrected chi connectivity index (χ0v) is 13.2. The van der Waals surface area contributed by atoms with Gasteiger partial charge in [-0.1, -0.05) is 11.8 Å². The zero-order valence-electron chi connectivity index (χ0n) is 11.6. The van der Waals surface area contributed by atoms with E-state index in [1.54, 1.807) is 0 Å². The molecule has 2 amide bonds. The van der Waals surface area contributed by atoms with E-state index in [-0.39, 0.29) is 12.6 Å². The van der Waals surface area contributed by atoms with Crippen LogP contribution in [0.25, 0.3) is 0 Å². The van der Waals surface area contributed by atoms with Crippen molar-refractivity contribution in [3.05, 3.63) is 34.9 Å². The molecule has 1 aromatic heterocycles. The lowest BCUT2D eigenvalue weighted by Gasteiger charge is -2.28. The van der Waals surface area contributed by atoms with Gasteiger partial charge in [0, 0.05) is 30.7 Å². The highest BCUT2D eigenvalue weighted by atomic mass is 32.2. The number of urea groups is 1. The third-order valence-corrected chi connectivity index (χ3v) is 4.63. The summed E-state index contributed by atoms with van der Waals surface area (Å²) in [6, 6.07) is 1.80. The number of fused-ring (bicyclic) bond motifs is 1. The lowest BCUT2D eigenvalue weighted by atomic mass is 9.99. The van der Waals surface area contributed by atoms with E-state index in [1.807, 2.05) is 6.26 Å². The van der Waals surface area contributed by atoms with Gasteiger partial charge in [-0.15, -0.1) is 0 Å². The van der Waals surface area contributed by atoms with Crippen molar-refractivity contribution in [2.45, 2.75) is 18.1 Å². The van der Waals surface area contributed by atoms with Gasteiger partial charge in [-0.2, -0.15) is 9.36 Å². The molecule has 0 radical (unpaired) electrons. The Bertz CT molecular complexity index is 722. The topological polar surface area (TPSA) is 58.1 Å². The minimum Gasteiger partial charge on any atom is -0.320 e. The van der Waals surface area contributed by atoms with Gasteiger partial charge in [-0.25, -0.2) is 13.6 Å². The van der Waals surface area contributed by atoms with Crippen molar-refractivity contribution in [3.8, 4) is 0 Å². The summed E-state index contributed by atoms with van der Waals surface area (Å²) in [5, 5.41) is 3.66. The van der Waals surface area contributed by atoms with Gasteiger partial charge in [-0.3, -0.25) is 5.32 Å². The fourth-order valence-electron chi connectivity index (χ4n) is 2.30. The van der Waals surface area contributed by atoms with Crippen LogP contribution in [-0.2, 0) is 13.0 Å². The van der Waals surface area contributed by atoms with Crippen molar-refractivity contribution in [1.29, 1.82) is 0 Å². The number of amides is 2. The van der Waals surface area contributed by atoms with E-state index in [0.29, 0.717) is 34.4 Å². The molecule has 0 fully saturated rings. The van der Waals surface area contributed by atoms with Gasteiger partial charge < -0.3 is 4.90 Å². The Hall–Kier alpha value is -1.74. The maximum Gasteiger partial charge on any atom is 0.323 e. The van der Waals surface area contributed by atoms with Gasteiger partial charge in [0.05, 0.1) is 0 Å². The van der Waals surface area contributed by atoms with Crippen LogP contribution in [0.3, 0.4) is 0 Å². The van der Waals surface area contributed by atoms with Crippen LogP contribution in [0.4, 0.5) is 18.7 Å². The van der Waals surface area contributed by atoms with Gasteiger partial charge in [0.25, 0.3) is 0 Å². The van der Waals surface area contributed by atoms with Crippen molar-refractivity contribution < 1.29 is 13.6 Å². The summed E-state index contributed by atoms with van der Waals surface area (Å²) in [5.74, 6) is -1.18. The number of thioether (sulfide) groups is 1.